The molecule has 0 fully saturated rings. The van der Waals surface area contributed by atoms with E-state index in [2.05, 4.69) is 15.6 Å². The lowest BCUT2D eigenvalue weighted by atomic mass is 10.1. The summed E-state index contributed by atoms with van der Waals surface area (Å²) in [6.45, 7) is 2.16. The van der Waals surface area contributed by atoms with Gasteiger partial charge in [0.1, 0.15) is 11.3 Å². The lowest BCUT2D eigenvalue weighted by Gasteiger charge is -2.11. The van der Waals surface area contributed by atoms with Crippen LogP contribution in [0.3, 0.4) is 0 Å². The SMILES string of the molecule is COc1ccc(NC(=O)CCCCCNC(C)=O)c2cccnc12. The molecule has 1 aromatic heterocycles. The van der Waals surface area contributed by atoms with Crippen molar-refractivity contribution in [3.8, 4) is 5.75 Å². The van der Waals surface area contributed by atoms with Crippen LogP contribution in [0.2, 0.25) is 0 Å². The van der Waals surface area contributed by atoms with Gasteiger partial charge in [0.05, 0.1) is 12.8 Å². The molecule has 0 bridgehead atoms. The lowest BCUT2D eigenvalue weighted by Crippen LogP contribution is -2.20. The molecule has 2 rings (SSSR count). The fraction of sp³-hybridized carbons (Fsp3) is 0.389. The van der Waals surface area contributed by atoms with E-state index >= 15 is 0 Å². The molecule has 0 unspecified atom stereocenters. The minimum Gasteiger partial charge on any atom is -0.494 e. The molecule has 1 heterocycles. The Labute approximate surface area is 141 Å². The number of fused-ring (bicyclic) bond motifs is 1. The van der Waals surface area contributed by atoms with Crippen molar-refractivity contribution >= 4 is 28.4 Å². The Bertz CT molecular complexity index is 716. The maximum Gasteiger partial charge on any atom is 0.224 e. The van der Waals surface area contributed by atoms with Gasteiger partial charge in [0.15, 0.2) is 0 Å². The molecule has 0 saturated heterocycles. The quantitative estimate of drug-likeness (QED) is 0.730. The summed E-state index contributed by atoms with van der Waals surface area (Å²) in [6.07, 6.45) is 4.72. The van der Waals surface area contributed by atoms with Gasteiger partial charge in [0, 0.05) is 31.5 Å². The Hall–Kier alpha value is -2.63. The minimum absolute atomic E-state index is 0.0206. The number of nitrogens with one attached hydrogen (secondary N) is 2. The van der Waals surface area contributed by atoms with Gasteiger partial charge in [-0.25, -0.2) is 0 Å². The highest BCUT2D eigenvalue weighted by Gasteiger charge is 2.09. The number of unbranched alkanes of at least 4 members (excludes halogenated alkanes) is 2. The third-order valence-electron chi connectivity index (χ3n) is 3.68. The molecule has 2 amide bonds. The maximum absolute atomic E-state index is 12.1. The van der Waals surface area contributed by atoms with Crippen LogP contribution >= 0.6 is 0 Å². The van der Waals surface area contributed by atoms with E-state index in [1.807, 2.05) is 18.2 Å². The predicted molar refractivity (Wildman–Crippen MR) is 94.1 cm³/mol. The highest BCUT2D eigenvalue weighted by atomic mass is 16.5. The van der Waals surface area contributed by atoms with Crippen LogP contribution in [0.1, 0.15) is 32.6 Å². The summed E-state index contributed by atoms with van der Waals surface area (Å²) in [4.78, 5) is 27.2. The van der Waals surface area contributed by atoms with E-state index in [4.69, 9.17) is 4.74 Å². The smallest absolute Gasteiger partial charge is 0.224 e. The zero-order valence-corrected chi connectivity index (χ0v) is 14.1. The van der Waals surface area contributed by atoms with Crippen LogP contribution in [0, 0.1) is 0 Å². The Kier molecular flexibility index (Phi) is 6.54. The number of aromatic nitrogens is 1. The molecule has 0 aliphatic rings. The number of carbonyl (C=O) groups is 2. The number of hydrogen-bond acceptors (Lipinski definition) is 4. The Morgan fingerprint density at radius 3 is 2.75 bits per heavy atom. The van der Waals surface area contributed by atoms with Gasteiger partial charge in [0.25, 0.3) is 0 Å². The number of ether oxygens (including phenoxy) is 1. The summed E-state index contributed by atoms with van der Waals surface area (Å²) in [5.41, 5.74) is 1.47. The number of rotatable bonds is 8. The third-order valence-corrected chi connectivity index (χ3v) is 3.68. The van der Waals surface area contributed by atoms with Crippen molar-refractivity contribution in [3.05, 3.63) is 30.5 Å². The van der Waals surface area contributed by atoms with Gasteiger partial charge in [-0.15, -0.1) is 0 Å². The van der Waals surface area contributed by atoms with E-state index in [0.717, 1.165) is 35.9 Å². The van der Waals surface area contributed by atoms with E-state index in [0.29, 0.717) is 18.7 Å². The maximum atomic E-state index is 12.1. The summed E-state index contributed by atoms with van der Waals surface area (Å²) in [6, 6.07) is 7.38. The summed E-state index contributed by atoms with van der Waals surface area (Å²) >= 11 is 0. The molecule has 0 spiro atoms. The van der Waals surface area contributed by atoms with Crippen molar-refractivity contribution in [3.63, 3.8) is 0 Å². The van der Waals surface area contributed by atoms with Crippen molar-refractivity contribution in [1.82, 2.24) is 10.3 Å². The van der Waals surface area contributed by atoms with Crippen LogP contribution in [0.25, 0.3) is 10.9 Å². The lowest BCUT2D eigenvalue weighted by molar-refractivity contribution is -0.119. The summed E-state index contributed by atoms with van der Waals surface area (Å²) in [5, 5.41) is 6.54. The summed E-state index contributed by atoms with van der Waals surface area (Å²) < 4.78 is 5.30. The number of hydrogen-bond donors (Lipinski definition) is 2. The Morgan fingerprint density at radius 2 is 2.00 bits per heavy atom. The zero-order chi connectivity index (χ0) is 17.4. The standard InChI is InChI=1S/C18H23N3O3/c1-13(22)19-11-5-3-4-8-17(23)21-15-9-10-16(24-2)18-14(15)7-6-12-20-18/h6-7,9-10,12H,3-5,8,11H2,1-2H3,(H,19,22)(H,21,23). The molecule has 0 aliphatic carbocycles. The zero-order valence-electron chi connectivity index (χ0n) is 14.1. The van der Waals surface area contributed by atoms with Crippen LogP contribution in [0.15, 0.2) is 30.5 Å². The van der Waals surface area contributed by atoms with Crippen LogP contribution in [0.5, 0.6) is 5.75 Å². The highest BCUT2D eigenvalue weighted by molar-refractivity contribution is 6.02. The second-order valence-electron chi connectivity index (χ2n) is 5.56. The summed E-state index contributed by atoms with van der Waals surface area (Å²) in [5.74, 6) is 0.638. The molecule has 2 N–H and O–H groups in total. The van der Waals surface area contributed by atoms with Crippen LogP contribution < -0.4 is 15.4 Å². The second kappa shape index (κ2) is 8.86. The van der Waals surface area contributed by atoms with Crippen molar-refractivity contribution in [2.75, 3.05) is 19.0 Å². The molecule has 6 nitrogen and oxygen atoms in total. The first kappa shape index (κ1) is 17.7. The van der Waals surface area contributed by atoms with E-state index in [1.165, 1.54) is 6.92 Å². The number of amides is 2. The molecule has 24 heavy (non-hydrogen) atoms. The average molecular weight is 329 g/mol. The van der Waals surface area contributed by atoms with Crippen LogP contribution in [0.4, 0.5) is 5.69 Å². The molecule has 0 atom stereocenters. The molecule has 0 radical (unpaired) electrons. The second-order valence-corrected chi connectivity index (χ2v) is 5.56. The normalized spacial score (nSPS) is 10.4. The van der Waals surface area contributed by atoms with E-state index < -0.39 is 0 Å². The van der Waals surface area contributed by atoms with Gasteiger partial charge in [-0.2, -0.15) is 0 Å². The molecule has 0 saturated carbocycles. The fourth-order valence-corrected chi connectivity index (χ4v) is 2.48. The molecule has 2 aromatic rings. The first-order valence-corrected chi connectivity index (χ1v) is 8.08. The van der Waals surface area contributed by atoms with Gasteiger partial charge in [-0.1, -0.05) is 6.42 Å². The first-order chi connectivity index (χ1) is 11.6. The van der Waals surface area contributed by atoms with Crippen LogP contribution in [-0.2, 0) is 9.59 Å². The van der Waals surface area contributed by atoms with Gasteiger partial charge < -0.3 is 15.4 Å². The van der Waals surface area contributed by atoms with Crippen molar-refractivity contribution in [2.45, 2.75) is 32.6 Å². The Morgan fingerprint density at radius 1 is 1.17 bits per heavy atom. The van der Waals surface area contributed by atoms with Crippen molar-refractivity contribution in [1.29, 1.82) is 0 Å². The average Bonchev–Trinajstić information content (AvgIpc) is 2.58. The minimum atomic E-state index is -0.0233. The predicted octanol–water partition coefficient (Wildman–Crippen LogP) is 2.88. The van der Waals surface area contributed by atoms with Gasteiger partial charge >= 0.3 is 0 Å². The number of carbonyl (C=O) groups excluding carboxylic acids is 2. The van der Waals surface area contributed by atoms with Crippen LogP contribution in [-0.4, -0.2) is 30.5 Å². The number of methoxy groups -OCH3 is 1. The number of nitrogens with zero attached hydrogens (tertiary/aromatic N) is 1. The molecule has 128 valence electrons. The van der Waals surface area contributed by atoms with E-state index in [1.54, 1.807) is 19.4 Å². The fourth-order valence-electron chi connectivity index (χ4n) is 2.48. The van der Waals surface area contributed by atoms with Gasteiger partial charge in [-0.05, 0) is 37.1 Å². The first-order valence-electron chi connectivity index (χ1n) is 8.08. The number of benzene rings is 1. The van der Waals surface area contributed by atoms with E-state index in [9.17, 15) is 9.59 Å². The third kappa shape index (κ3) is 4.94. The Balaban J connectivity index is 1.88. The van der Waals surface area contributed by atoms with Gasteiger partial charge in [0.2, 0.25) is 11.8 Å². The van der Waals surface area contributed by atoms with Crippen molar-refractivity contribution < 1.29 is 14.3 Å². The monoisotopic (exact) mass is 329 g/mol. The number of pyridine rings is 1. The van der Waals surface area contributed by atoms with E-state index in [-0.39, 0.29) is 11.8 Å². The van der Waals surface area contributed by atoms with Crippen molar-refractivity contribution in [2.24, 2.45) is 0 Å². The van der Waals surface area contributed by atoms with Gasteiger partial charge in [-0.3, -0.25) is 14.6 Å². The number of anilines is 1. The molecule has 1 aromatic carbocycles. The highest BCUT2D eigenvalue weighted by Crippen LogP contribution is 2.29. The largest absolute Gasteiger partial charge is 0.494 e. The molecular formula is C18H23N3O3. The molecule has 6 heteroatoms. The molecular weight excluding hydrogens is 306 g/mol. The summed E-state index contributed by atoms with van der Waals surface area (Å²) in [7, 11) is 1.60. The molecule has 0 aliphatic heterocycles. The topological polar surface area (TPSA) is 80.3 Å².